The quantitative estimate of drug-likeness (QED) is 0.449. The van der Waals surface area contributed by atoms with E-state index in [1.807, 2.05) is 77.7 Å². The van der Waals surface area contributed by atoms with Crippen molar-refractivity contribution in [3.05, 3.63) is 95.3 Å². The third-order valence-corrected chi connectivity index (χ3v) is 5.09. The van der Waals surface area contributed by atoms with Crippen molar-refractivity contribution in [3.63, 3.8) is 0 Å². The number of imide groups is 1. The van der Waals surface area contributed by atoms with Gasteiger partial charge in [0.15, 0.2) is 0 Å². The average Bonchev–Trinajstić information content (AvgIpc) is 3.25. The van der Waals surface area contributed by atoms with E-state index >= 15 is 0 Å². The molecule has 1 aliphatic heterocycles. The molecule has 2 heterocycles. The number of anilines is 3. The molecular formula is C25H19N3O3. The normalized spacial score (nSPS) is 15.4. The first kappa shape index (κ1) is 19.9. The number of likely N-dealkylation sites (N-methyl/N-ethyl adjacent to an activating group) is 1. The fourth-order valence-electron chi connectivity index (χ4n) is 3.44. The van der Waals surface area contributed by atoms with Gasteiger partial charge in [0.05, 0.1) is 0 Å². The van der Waals surface area contributed by atoms with Crippen molar-refractivity contribution in [2.45, 2.75) is 6.92 Å². The first-order chi connectivity index (χ1) is 15.0. The molecule has 0 fully saturated rings. The minimum absolute atomic E-state index is 0.0460. The first-order valence-electron chi connectivity index (χ1n) is 9.66. The van der Waals surface area contributed by atoms with E-state index in [9.17, 15) is 14.9 Å². The van der Waals surface area contributed by atoms with Gasteiger partial charge < -0.3 is 4.42 Å². The van der Waals surface area contributed by atoms with E-state index in [4.69, 9.17) is 4.42 Å². The third-order valence-electron chi connectivity index (χ3n) is 5.09. The second-order valence-corrected chi connectivity index (χ2v) is 7.02. The first-order valence-corrected chi connectivity index (χ1v) is 9.66. The molecule has 0 saturated heterocycles. The van der Waals surface area contributed by atoms with E-state index < -0.39 is 11.8 Å². The van der Waals surface area contributed by atoms with Gasteiger partial charge in [0, 0.05) is 30.1 Å². The summed E-state index contributed by atoms with van der Waals surface area (Å²) in [5.41, 5.74) is 2.39. The van der Waals surface area contributed by atoms with E-state index in [1.165, 1.54) is 7.05 Å². The standard InChI is InChI=1S/C25H19N3O3/c1-17-21(24(29)27(2)25(30)22(17)16-26)15-20-13-14-23(31-20)28(18-9-5-3-6-10-18)19-11-7-4-8-12-19/h3-15H,1-2H3/b21-15-. The number of rotatable bonds is 4. The summed E-state index contributed by atoms with van der Waals surface area (Å²) in [4.78, 5) is 27.7. The van der Waals surface area contributed by atoms with Crippen molar-refractivity contribution in [2.75, 3.05) is 11.9 Å². The monoisotopic (exact) mass is 409 g/mol. The Morgan fingerprint density at radius 3 is 2.03 bits per heavy atom. The summed E-state index contributed by atoms with van der Waals surface area (Å²) in [5, 5.41) is 9.32. The number of carbonyl (C=O) groups is 2. The molecular weight excluding hydrogens is 390 g/mol. The lowest BCUT2D eigenvalue weighted by molar-refractivity contribution is -0.138. The molecule has 1 aromatic heterocycles. The van der Waals surface area contributed by atoms with Crippen molar-refractivity contribution in [1.82, 2.24) is 4.90 Å². The van der Waals surface area contributed by atoms with Gasteiger partial charge in [-0.1, -0.05) is 36.4 Å². The molecule has 4 rings (SSSR count). The number of para-hydroxylation sites is 2. The third kappa shape index (κ3) is 3.65. The summed E-state index contributed by atoms with van der Waals surface area (Å²) in [6, 6.07) is 25.0. The minimum Gasteiger partial charge on any atom is -0.440 e. The maximum atomic E-state index is 12.6. The minimum atomic E-state index is -0.596. The average molecular weight is 409 g/mol. The highest BCUT2D eigenvalue weighted by Gasteiger charge is 2.33. The fraction of sp³-hybridized carbons (Fsp3) is 0.0800. The van der Waals surface area contributed by atoms with Gasteiger partial charge in [-0.15, -0.1) is 0 Å². The van der Waals surface area contributed by atoms with Crippen molar-refractivity contribution < 1.29 is 14.0 Å². The van der Waals surface area contributed by atoms with Gasteiger partial charge in [-0.25, -0.2) is 0 Å². The molecule has 152 valence electrons. The van der Waals surface area contributed by atoms with E-state index in [0.717, 1.165) is 16.3 Å². The van der Waals surface area contributed by atoms with Crippen LogP contribution in [0.2, 0.25) is 0 Å². The smallest absolute Gasteiger partial charge is 0.271 e. The number of hydrogen-bond donors (Lipinski definition) is 0. The zero-order valence-electron chi connectivity index (χ0n) is 17.1. The van der Waals surface area contributed by atoms with Gasteiger partial charge in [-0.05, 0) is 48.9 Å². The molecule has 2 aromatic carbocycles. The van der Waals surface area contributed by atoms with Crippen LogP contribution in [0.15, 0.2) is 93.9 Å². The van der Waals surface area contributed by atoms with Gasteiger partial charge in [0.1, 0.15) is 17.4 Å². The SMILES string of the molecule is CC1=C(C#N)C(=O)N(C)C(=O)/C1=C\c1ccc(N(c2ccccc2)c2ccccc2)o1. The Morgan fingerprint density at radius 2 is 1.48 bits per heavy atom. The molecule has 2 amide bonds. The van der Waals surface area contributed by atoms with Gasteiger partial charge in [0.25, 0.3) is 11.8 Å². The van der Waals surface area contributed by atoms with Crippen LogP contribution in [0.1, 0.15) is 12.7 Å². The van der Waals surface area contributed by atoms with Crippen LogP contribution in [0.4, 0.5) is 17.3 Å². The number of nitrogens with zero attached hydrogens (tertiary/aromatic N) is 3. The predicted molar refractivity (Wildman–Crippen MR) is 117 cm³/mol. The summed E-state index contributed by atoms with van der Waals surface area (Å²) in [7, 11) is 1.36. The number of hydrogen-bond acceptors (Lipinski definition) is 5. The van der Waals surface area contributed by atoms with Crippen LogP contribution in [0.25, 0.3) is 6.08 Å². The summed E-state index contributed by atoms with van der Waals surface area (Å²) in [6.07, 6.45) is 1.57. The summed E-state index contributed by atoms with van der Waals surface area (Å²) < 4.78 is 6.07. The number of carbonyl (C=O) groups excluding carboxylic acids is 2. The lowest BCUT2D eigenvalue weighted by Crippen LogP contribution is -2.39. The highest BCUT2D eigenvalue weighted by molar-refractivity contribution is 6.19. The second kappa shape index (κ2) is 8.17. The molecule has 0 atom stereocenters. The molecule has 6 heteroatoms. The number of amides is 2. The Labute approximate surface area is 179 Å². The fourth-order valence-corrected chi connectivity index (χ4v) is 3.44. The number of benzene rings is 2. The topological polar surface area (TPSA) is 77.5 Å². The summed E-state index contributed by atoms with van der Waals surface area (Å²) in [6.45, 7) is 1.59. The largest absolute Gasteiger partial charge is 0.440 e. The van der Waals surface area contributed by atoms with E-state index in [2.05, 4.69) is 0 Å². The van der Waals surface area contributed by atoms with E-state index in [-0.39, 0.29) is 11.1 Å². The lowest BCUT2D eigenvalue weighted by Gasteiger charge is -2.23. The molecule has 3 aromatic rings. The molecule has 0 spiro atoms. The van der Waals surface area contributed by atoms with Crippen molar-refractivity contribution >= 4 is 35.1 Å². The molecule has 6 nitrogen and oxygen atoms in total. The maximum absolute atomic E-state index is 12.6. The van der Waals surface area contributed by atoms with Crippen LogP contribution in [-0.2, 0) is 9.59 Å². The van der Waals surface area contributed by atoms with Gasteiger partial charge in [-0.2, -0.15) is 5.26 Å². The van der Waals surface area contributed by atoms with Gasteiger partial charge >= 0.3 is 0 Å². The molecule has 31 heavy (non-hydrogen) atoms. The maximum Gasteiger partial charge on any atom is 0.271 e. The van der Waals surface area contributed by atoms with Crippen molar-refractivity contribution in [3.8, 4) is 6.07 Å². The summed E-state index contributed by atoms with van der Waals surface area (Å²) >= 11 is 0. The van der Waals surface area contributed by atoms with Crippen LogP contribution >= 0.6 is 0 Å². The van der Waals surface area contributed by atoms with Crippen molar-refractivity contribution in [2.24, 2.45) is 0 Å². The molecule has 0 unspecified atom stereocenters. The molecule has 1 aliphatic rings. The summed E-state index contributed by atoms with van der Waals surface area (Å²) in [5.74, 6) is -0.0577. The van der Waals surface area contributed by atoms with Crippen LogP contribution in [-0.4, -0.2) is 23.8 Å². The Hall–Kier alpha value is -4.37. The highest BCUT2D eigenvalue weighted by atomic mass is 16.4. The Balaban J connectivity index is 1.78. The Morgan fingerprint density at radius 1 is 0.903 bits per heavy atom. The van der Waals surface area contributed by atoms with Gasteiger partial charge in [-0.3, -0.25) is 19.4 Å². The molecule has 0 bridgehead atoms. The zero-order chi connectivity index (χ0) is 22.0. The van der Waals surface area contributed by atoms with E-state index in [0.29, 0.717) is 17.2 Å². The predicted octanol–water partition coefficient (Wildman–Crippen LogP) is 4.97. The van der Waals surface area contributed by atoms with Crippen LogP contribution in [0.3, 0.4) is 0 Å². The van der Waals surface area contributed by atoms with E-state index in [1.54, 1.807) is 19.1 Å². The number of furan rings is 1. The Kier molecular flexibility index (Phi) is 5.25. The van der Waals surface area contributed by atoms with Crippen LogP contribution < -0.4 is 4.90 Å². The second-order valence-electron chi connectivity index (χ2n) is 7.02. The molecule has 0 aliphatic carbocycles. The lowest BCUT2D eigenvalue weighted by atomic mass is 9.95. The number of nitriles is 1. The molecule has 0 radical (unpaired) electrons. The Bertz CT molecular complexity index is 1210. The van der Waals surface area contributed by atoms with Crippen LogP contribution in [0.5, 0.6) is 0 Å². The zero-order valence-corrected chi connectivity index (χ0v) is 17.1. The highest BCUT2D eigenvalue weighted by Crippen LogP contribution is 2.36. The van der Waals surface area contributed by atoms with Crippen LogP contribution in [0, 0.1) is 11.3 Å². The van der Waals surface area contributed by atoms with Gasteiger partial charge in [0.2, 0.25) is 5.88 Å². The molecule has 0 saturated carbocycles. The van der Waals surface area contributed by atoms with Crippen molar-refractivity contribution in [1.29, 1.82) is 5.26 Å². The molecule has 0 N–H and O–H groups in total.